The maximum absolute atomic E-state index is 12.0. The Morgan fingerprint density at radius 1 is 1.21 bits per heavy atom. The van der Waals surface area contributed by atoms with E-state index in [0.717, 1.165) is 13.1 Å². The van der Waals surface area contributed by atoms with Gasteiger partial charge in [-0.3, -0.25) is 9.69 Å². The van der Waals surface area contributed by atoms with E-state index in [0.29, 0.717) is 31.2 Å². The minimum atomic E-state index is -0.0947. The lowest BCUT2D eigenvalue weighted by atomic mass is 10.1. The number of nitrogens with one attached hydrogen (secondary N) is 3. The van der Waals surface area contributed by atoms with Crippen LogP contribution in [0.15, 0.2) is 0 Å². The molecule has 0 aromatic rings. The zero-order chi connectivity index (χ0) is 14.4. The van der Waals surface area contributed by atoms with Crippen molar-refractivity contribution in [1.82, 2.24) is 20.9 Å². The Kier molecular flexibility index (Phi) is 6.75. The minimum absolute atomic E-state index is 0.0947. The SMILES string of the molecule is CC1CNC(C(=O)NCCN(C(C)C)C(C)C)CN1. The molecule has 19 heavy (non-hydrogen) atoms. The van der Waals surface area contributed by atoms with Crippen LogP contribution in [0.5, 0.6) is 0 Å². The third kappa shape index (κ3) is 5.47. The Hall–Kier alpha value is -0.650. The first-order chi connectivity index (χ1) is 8.91. The van der Waals surface area contributed by atoms with Gasteiger partial charge in [-0.05, 0) is 34.6 Å². The highest BCUT2D eigenvalue weighted by Gasteiger charge is 2.23. The number of rotatable bonds is 6. The summed E-state index contributed by atoms with van der Waals surface area (Å²) >= 11 is 0. The highest BCUT2D eigenvalue weighted by atomic mass is 16.2. The van der Waals surface area contributed by atoms with Crippen molar-refractivity contribution in [3.63, 3.8) is 0 Å². The fourth-order valence-electron chi connectivity index (χ4n) is 2.51. The van der Waals surface area contributed by atoms with Crippen molar-refractivity contribution in [3.8, 4) is 0 Å². The van der Waals surface area contributed by atoms with Crippen LogP contribution in [0, 0.1) is 0 Å². The van der Waals surface area contributed by atoms with Crippen molar-refractivity contribution in [3.05, 3.63) is 0 Å². The monoisotopic (exact) mass is 270 g/mol. The average molecular weight is 270 g/mol. The van der Waals surface area contributed by atoms with E-state index < -0.39 is 0 Å². The van der Waals surface area contributed by atoms with Gasteiger partial charge in [-0.15, -0.1) is 0 Å². The molecule has 1 amide bonds. The summed E-state index contributed by atoms with van der Waals surface area (Å²) in [4.78, 5) is 14.4. The molecule has 1 aliphatic rings. The lowest BCUT2D eigenvalue weighted by molar-refractivity contribution is -0.123. The summed E-state index contributed by atoms with van der Waals surface area (Å²) in [6.07, 6.45) is 0. The van der Waals surface area contributed by atoms with Crippen molar-refractivity contribution in [2.24, 2.45) is 0 Å². The van der Waals surface area contributed by atoms with Gasteiger partial charge in [-0.25, -0.2) is 0 Å². The Bertz CT molecular complexity index is 265. The second-order valence-corrected chi connectivity index (χ2v) is 5.99. The molecule has 1 aliphatic heterocycles. The predicted molar refractivity (Wildman–Crippen MR) is 79.2 cm³/mol. The molecule has 0 aromatic carbocycles. The van der Waals surface area contributed by atoms with Crippen molar-refractivity contribution in [1.29, 1.82) is 0 Å². The van der Waals surface area contributed by atoms with Gasteiger partial charge in [-0.2, -0.15) is 0 Å². The number of nitrogens with zero attached hydrogens (tertiary/aromatic N) is 1. The topological polar surface area (TPSA) is 56.4 Å². The van der Waals surface area contributed by atoms with E-state index in [2.05, 4.69) is 55.5 Å². The summed E-state index contributed by atoms with van der Waals surface area (Å²) in [5.41, 5.74) is 0. The van der Waals surface area contributed by atoms with Crippen molar-refractivity contribution in [2.75, 3.05) is 26.2 Å². The molecule has 0 aliphatic carbocycles. The van der Waals surface area contributed by atoms with Crippen LogP contribution < -0.4 is 16.0 Å². The van der Waals surface area contributed by atoms with Gasteiger partial charge >= 0.3 is 0 Å². The standard InChI is InChI=1S/C14H30N4O/c1-10(2)18(11(3)4)7-6-15-14(19)13-9-16-12(5)8-17-13/h10-13,16-17H,6-9H2,1-5H3,(H,15,19). The highest BCUT2D eigenvalue weighted by Crippen LogP contribution is 2.03. The van der Waals surface area contributed by atoms with Gasteiger partial charge in [0.2, 0.25) is 5.91 Å². The van der Waals surface area contributed by atoms with Crippen molar-refractivity contribution in [2.45, 2.75) is 58.8 Å². The Morgan fingerprint density at radius 3 is 2.32 bits per heavy atom. The summed E-state index contributed by atoms with van der Waals surface area (Å²) in [6, 6.07) is 1.36. The molecular weight excluding hydrogens is 240 g/mol. The minimum Gasteiger partial charge on any atom is -0.353 e. The first kappa shape index (κ1) is 16.4. The molecule has 0 radical (unpaired) electrons. The molecule has 5 nitrogen and oxygen atoms in total. The van der Waals surface area contributed by atoms with Crippen LogP contribution in [0.4, 0.5) is 0 Å². The van der Waals surface area contributed by atoms with Crippen LogP contribution in [0.25, 0.3) is 0 Å². The fourth-order valence-corrected chi connectivity index (χ4v) is 2.51. The average Bonchev–Trinajstić information content (AvgIpc) is 2.34. The number of carbonyl (C=O) groups is 1. The molecule has 1 saturated heterocycles. The molecular formula is C14H30N4O. The summed E-state index contributed by atoms with van der Waals surface area (Å²) in [7, 11) is 0. The molecule has 2 atom stereocenters. The van der Waals surface area contributed by atoms with Crippen LogP contribution in [-0.4, -0.2) is 61.2 Å². The number of hydrogen-bond acceptors (Lipinski definition) is 4. The smallest absolute Gasteiger partial charge is 0.238 e. The number of hydrogen-bond donors (Lipinski definition) is 3. The lowest BCUT2D eigenvalue weighted by Crippen LogP contribution is -2.59. The molecule has 1 rings (SSSR count). The third-order valence-corrected chi connectivity index (χ3v) is 3.65. The van der Waals surface area contributed by atoms with Crippen molar-refractivity contribution < 1.29 is 4.79 Å². The zero-order valence-electron chi connectivity index (χ0n) is 13.0. The first-order valence-corrected chi connectivity index (χ1v) is 7.42. The van der Waals surface area contributed by atoms with Crippen LogP contribution in [0.2, 0.25) is 0 Å². The van der Waals surface area contributed by atoms with Gasteiger partial charge in [-0.1, -0.05) is 0 Å². The predicted octanol–water partition coefficient (Wildman–Crippen LogP) is 0.171. The van der Waals surface area contributed by atoms with Gasteiger partial charge in [0.05, 0.1) is 6.04 Å². The van der Waals surface area contributed by atoms with Gasteiger partial charge in [0.15, 0.2) is 0 Å². The zero-order valence-corrected chi connectivity index (χ0v) is 13.0. The van der Waals surface area contributed by atoms with Crippen LogP contribution >= 0.6 is 0 Å². The second kappa shape index (κ2) is 7.82. The summed E-state index contributed by atoms with van der Waals surface area (Å²) in [5.74, 6) is 0.104. The molecule has 2 unspecified atom stereocenters. The van der Waals surface area contributed by atoms with E-state index in [4.69, 9.17) is 0 Å². The summed E-state index contributed by atoms with van der Waals surface area (Å²) < 4.78 is 0. The summed E-state index contributed by atoms with van der Waals surface area (Å²) in [6.45, 7) is 14.1. The molecule has 0 saturated carbocycles. The molecule has 112 valence electrons. The van der Waals surface area contributed by atoms with Crippen molar-refractivity contribution >= 4 is 5.91 Å². The van der Waals surface area contributed by atoms with E-state index in [1.165, 1.54) is 0 Å². The molecule has 0 spiro atoms. The van der Waals surface area contributed by atoms with E-state index in [1.54, 1.807) is 0 Å². The Morgan fingerprint density at radius 2 is 1.84 bits per heavy atom. The molecule has 1 fully saturated rings. The summed E-state index contributed by atoms with van der Waals surface area (Å²) in [5, 5.41) is 9.60. The molecule has 1 heterocycles. The Balaban J connectivity index is 2.26. The van der Waals surface area contributed by atoms with Gasteiger partial charge in [0.25, 0.3) is 0 Å². The second-order valence-electron chi connectivity index (χ2n) is 5.99. The van der Waals surface area contributed by atoms with Crippen LogP contribution in [0.3, 0.4) is 0 Å². The first-order valence-electron chi connectivity index (χ1n) is 7.42. The van der Waals surface area contributed by atoms with E-state index in [1.807, 2.05) is 0 Å². The van der Waals surface area contributed by atoms with Gasteiger partial charge in [0.1, 0.15) is 0 Å². The molecule has 0 bridgehead atoms. The molecule has 3 N–H and O–H groups in total. The van der Waals surface area contributed by atoms with E-state index in [9.17, 15) is 4.79 Å². The number of piperazine rings is 1. The number of amides is 1. The highest BCUT2D eigenvalue weighted by molar-refractivity contribution is 5.82. The maximum Gasteiger partial charge on any atom is 0.238 e. The maximum atomic E-state index is 12.0. The third-order valence-electron chi connectivity index (χ3n) is 3.65. The quantitative estimate of drug-likeness (QED) is 0.644. The fraction of sp³-hybridized carbons (Fsp3) is 0.929. The van der Waals surface area contributed by atoms with E-state index in [-0.39, 0.29) is 11.9 Å². The normalized spacial score (nSPS) is 24.2. The van der Waals surface area contributed by atoms with E-state index >= 15 is 0 Å². The van der Waals surface area contributed by atoms with Gasteiger partial charge in [0, 0.05) is 44.3 Å². The molecule has 5 heteroatoms. The largest absolute Gasteiger partial charge is 0.353 e. The van der Waals surface area contributed by atoms with Gasteiger partial charge < -0.3 is 16.0 Å². The van der Waals surface area contributed by atoms with Crippen LogP contribution in [-0.2, 0) is 4.79 Å². The Labute approximate surface area is 117 Å². The lowest BCUT2D eigenvalue weighted by Gasteiger charge is -2.31. The number of carbonyl (C=O) groups excluding carboxylic acids is 1. The van der Waals surface area contributed by atoms with Crippen LogP contribution in [0.1, 0.15) is 34.6 Å². The molecule has 0 aromatic heterocycles.